The van der Waals surface area contributed by atoms with E-state index in [1.165, 1.54) is 144 Å². The molecule has 1 amide bonds. The molecule has 20 aromatic rings. The molecule has 0 spiro atoms. The molecule has 0 bridgehead atoms. The van der Waals surface area contributed by atoms with Gasteiger partial charge in [-0.2, -0.15) is 35.0 Å². The number of nitrogens with two attached hydrogens (primary N) is 1. The van der Waals surface area contributed by atoms with Crippen LogP contribution in [0.5, 0.6) is 5.75 Å². The number of aromatic hydroxyl groups is 1. The summed E-state index contributed by atoms with van der Waals surface area (Å²) in [6.45, 7) is 6.16. The molecule has 0 radical (unpaired) electrons. The largest absolute Gasteiger partial charge is 0.505 e. The zero-order valence-electron chi connectivity index (χ0n) is 65.8. The average molecular weight is 1570 g/mol. The third-order valence-electron chi connectivity index (χ3n) is 25.3. The number of rotatable bonds is 6. The number of hydrogen-bond acceptors (Lipinski definition) is 13. The van der Waals surface area contributed by atoms with E-state index in [2.05, 4.69) is 150 Å². The molecule has 0 saturated carbocycles. The lowest BCUT2D eigenvalue weighted by atomic mass is 9.82. The van der Waals surface area contributed by atoms with Crippen LogP contribution >= 0.6 is 0 Å². The maximum Gasteiger partial charge on any atom is 0.248 e. The molecule has 0 fully saturated rings. The number of pyridine rings is 5. The van der Waals surface area contributed by atoms with Crippen LogP contribution in [0, 0.1) is 32.4 Å². The molecule has 5 aliphatic carbocycles. The lowest BCUT2D eigenvalue weighted by molar-refractivity contribution is 0.1000. The Bertz CT molecular complexity index is 7480. The number of amides is 1. The Kier molecular flexibility index (Phi) is 18.0. The number of aromatic amines is 8. The van der Waals surface area contributed by atoms with Crippen LogP contribution in [0.15, 0.2) is 159 Å². The molecule has 0 unspecified atom stereocenters. The topological polar surface area (TPSA) is 331 Å². The number of nitrogens with one attached hydrogen (secondary N) is 8. The first kappa shape index (κ1) is 72.5. The second-order valence-corrected chi connectivity index (χ2v) is 32.0. The van der Waals surface area contributed by atoms with Gasteiger partial charge in [0.15, 0.2) is 11.6 Å². The molecule has 13 aromatic heterocycles. The van der Waals surface area contributed by atoms with Gasteiger partial charge in [0.25, 0.3) is 0 Å². The summed E-state index contributed by atoms with van der Waals surface area (Å²) in [7, 11) is 0. The molecular formula is C95H82F2N20O2. The van der Waals surface area contributed by atoms with E-state index in [1.807, 2.05) is 80.6 Å². The Morgan fingerprint density at radius 1 is 0.336 bits per heavy atom. The minimum absolute atomic E-state index is 0.154. The van der Waals surface area contributed by atoms with E-state index in [4.69, 9.17) is 20.7 Å². The fourth-order valence-corrected chi connectivity index (χ4v) is 19.4. The van der Waals surface area contributed by atoms with Gasteiger partial charge in [-0.15, -0.1) is 0 Å². The van der Waals surface area contributed by atoms with Crippen LogP contribution in [0.25, 0.3) is 165 Å². The number of phenolic OH excluding ortho intramolecular Hbond substituents is 1. The summed E-state index contributed by atoms with van der Waals surface area (Å²) in [5.74, 6) is -3.31. The van der Waals surface area contributed by atoms with E-state index in [0.717, 1.165) is 211 Å². The number of carbonyl (C=O) groups is 1. The van der Waals surface area contributed by atoms with Crippen molar-refractivity contribution in [2.75, 3.05) is 0 Å². The number of nitrogens with zero attached hydrogens (tertiary/aromatic N) is 11. The maximum absolute atomic E-state index is 14.6. The second-order valence-electron chi connectivity index (χ2n) is 32.0. The third kappa shape index (κ3) is 12.4. The number of H-pyrrole nitrogens is 8. The number of aryl methyl sites for hydroxylation is 8. The van der Waals surface area contributed by atoms with Crippen molar-refractivity contribution in [3.8, 4) is 62.0 Å². The summed E-state index contributed by atoms with van der Waals surface area (Å²) >= 11 is 0. The first-order chi connectivity index (χ1) is 58.3. The van der Waals surface area contributed by atoms with Crippen molar-refractivity contribution in [2.24, 2.45) is 5.73 Å². The van der Waals surface area contributed by atoms with Crippen LogP contribution in [0.3, 0.4) is 0 Å². The molecule has 7 aromatic carbocycles. The van der Waals surface area contributed by atoms with Crippen molar-refractivity contribution in [1.82, 2.24) is 96.1 Å². The van der Waals surface area contributed by atoms with Crippen LogP contribution in [-0.2, 0) is 64.2 Å². The van der Waals surface area contributed by atoms with E-state index in [1.54, 1.807) is 18.3 Å². The van der Waals surface area contributed by atoms with E-state index < -0.39 is 23.3 Å². The summed E-state index contributed by atoms with van der Waals surface area (Å²) in [6.07, 6.45) is 35.0. The van der Waals surface area contributed by atoms with E-state index in [-0.39, 0.29) is 5.56 Å². The molecule has 588 valence electrons. The van der Waals surface area contributed by atoms with Gasteiger partial charge in [0.1, 0.15) is 0 Å². The molecule has 0 saturated heterocycles. The Labute approximate surface area is 678 Å². The molecule has 25 rings (SSSR count). The Morgan fingerprint density at radius 3 is 1.15 bits per heavy atom. The smallest absolute Gasteiger partial charge is 0.248 e. The van der Waals surface area contributed by atoms with Gasteiger partial charge in [0.2, 0.25) is 11.7 Å². The summed E-state index contributed by atoms with van der Waals surface area (Å²) in [5.41, 5.74) is 42.7. The molecule has 0 atom stereocenters. The third-order valence-corrected chi connectivity index (χ3v) is 25.3. The number of phenols is 1. The average Bonchev–Trinajstić information content (AvgIpc) is 1.59. The van der Waals surface area contributed by atoms with Crippen LogP contribution < -0.4 is 5.73 Å². The van der Waals surface area contributed by atoms with Crippen LogP contribution in [-0.4, -0.2) is 107 Å². The summed E-state index contributed by atoms with van der Waals surface area (Å²) in [5, 5.41) is 64.9. The van der Waals surface area contributed by atoms with E-state index >= 15 is 0 Å². The van der Waals surface area contributed by atoms with Gasteiger partial charge in [-0.05, 0) is 288 Å². The van der Waals surface area contributed by atoms with Crippen LogP contribution in [0.2, 0.25) is 0 Å². The highest BCUT2D eigenvalue weighted by molar-refractivity contribution is 6.13. The van der Waals surface area contributed by atoms with Crippen molar-refractivity contribution in [3.63, 3.8) is 0 Å². The highest BCUT2D eigenvalue weighted by Gasteiger charge is 2.30. The van der Waals surface area contributed by atoms with Gasteiger partial charge in [-0.25, -0.2) is 19.3 Å². The number of aromatic nitrogens is 19. The molecule has 0 aliphatic heterocycles. The number of benzene rings is 7. The van der Waals surface area contributed by atoms with Gasteiger partial charge in [0, 0.05) is 128 Å². The summed E-state index contributed by atoms with van der Waals surface area (Å²) in [4.78, 5) is 42.2. The number of primary amides is 1. The quantitative estimate of drug-likeness (QED) is 0.0693. The number of hydrogen-bond donors (Lipinski definition) is 10. The summed E-state index contributed by atoms with van der Waals surface area (Å²) < 4.78 is 28.5. The van der Waals surface area contributed by atoms with Gasteiger partial charge in [0.05, 0.1) is 104 Å². The first-order valence-electron chi connectivity index (χ1n) is 41.1. The molecule has 24 heteroatoms. The highest BCUT2D eigenvalue weighted by Crippen LogP contribution is 2.46. The Morgan fingerprint density at radius 2 is 0.706 bits per heavy atom. The molecule has 5 aliphatic rings. The number of fused-ring (bicyclic) bond motifs is 25. The first-order valence-corrected chi connectivity index (χ1v) is 41.1. The van der Waals surface area contributed by atoms with E-state index in [9.17, 15) is 18.7 Å². The normalized spacial score (nSPS) is 14.1. The molecule has 13 heterocycles. The van der Waals surface area contributed by atoms with Crippen molar-refractivity contribution in [3.05, 3.63) is 249 Å². The Balaban J connectivity index is 0.0000000924. The van der Waals surface area contributed by atoms with Crippen molar-refractivity contribution in [2.45, 2.75) is 136 Å². The Hall–Kier alpha value is -14.2. The predicted molar refractivity (Wildman–Crippen MR) is 463 cm³/mol. The van der Waals surface area contributed by atoms with Crippen molar-refractivity contribution >= 4 is 115 Å². The standard InChI is InChI=1S/C22H19N3O.C21H16F2N2O.C19H19N5.C17H15N5.C16H13N5/c23-22(26)14-7-5-13(6-8-14)21-16-4-2-1-3-15(16)20-17-11-12-24-18(17)9-10-19(20)25-21;22-19-14(5-8-17(26)20(19)23)21-12-4-2-1-3-11(12)18-13-9-10-24-15(13)6-7-16(18)25-21;1-11-14(9-20-23-11)19-13-6-4-2-3-5-12(13)18-15-10-21-24-16(15)7-8-17(18)22-19;1-9-12(7-18-21-9)17-11-4-2-3-10(11)16-13-8-19-22-14(13)5-6-15(16)20-17;1-8-11(6-17-20-8)16-10-3-2-9(10)15-12-7-18-21-13(12)4-5-14(15)19-16/h5-12,25H,1-4H2,(H2,23,26);5-10,25-26H,1-4H2;7-10H,2-6H2,1H3,(H,20,23)(H,21,24);5-8H,2-4H2,1H3,(H,18,21)(H,19,22);4-7H,2-3H2,1H3,(H,17,20)(H,18,21). The van der Waals surface area contributed by atoms with Crippen molar-refractivity contribution in [1.29, 1.82) is 0 Å². The fraction of sp³-hybridized carbons (Fsp3) is 0.221. The lowest BCUT2D eigenvalue weighted by Gasteiger charge is -2.24. The molecule has 11 N–H and O–H groups in total. The van der Waals surface area contributed by atoms with Crippen LogP contribution in [0.4, 0.5) is 8.78 Å². The van der Waals surface area contributed by atoms with Gasteiger partial charge in [-0.1, -0.05) is 18.6 Å². The molecule has 22 nitrogen and oxygen atoms in total. The lowest BCUT2D eigenvalue weighted by Crippen LogP contribution is -2.13. The second kappa shape index (κ2) is 29.5. The van der Waals surface area contributed by atoms with Crippen molar-refractivity contribution < 1.29 is 18.7 Å². The highest BCUT2D eigenvalue weighted by atomic mass is 19.2. The zero-order chi connectivity index (χ0) is 80.3. The van der Waals surface area contributed by atoms with Gasteiger partial charge in [-0.3, -0.25) is 45.4 Å². The van der Waals surface area contributed by atoms with Crippen LogP contribution in [0.1, 0.15) is 134 Å². The fourth-order valence-electron chi connectivity index (χ4n) is 19.4. The molecular weight excluding hydrogens is 1490 g/mol. The van der Waals surface area contributed by atoms with Gasteiger partial charge >= 0.3 is 0 Å². The minimum atomic E-state index is -1.21. The van der Waals surface area contributed by atoms with Gasteiger partial charge < -0.3 is 20.8 Å². The number of carbonyl (C=O) groups excluding carboxylic acids is 1. The maximum atomic E-state index is 14.6. The predicted octanol–water partition coefficient (Wildman–Crippen LogP) is 19.9. The minimum Gasteiger partial charge on any atom is -0.505 e. The van der Waals surface area contributed by atoms with E-state index in [0.29, 0.717) is 11.3 Å². The SMILES string of the molecule is Cc1[nH]ncc1-c1nc2ccc3[nH]ncc3c2c2c1CC2.Cc1[nH]ncc1-c1nc2ccc3[nH]ncc3c2c2c1CCC2.Cc1[nH]ncc1-c1nc2ccc3[nH]ncc3c2c2c1CCCCC2.NC(=O)c1ccc(-c2[nH]c3ccc4nccc4c3c3c2CCCC3)cc1.Oc1ccc(-c2[nH]c3ccc4nccc4c3c3c2CCCC3)c(F)c1F. The molecule has 119 heavy (non-hydrogen) atoms. The number of halogens is 2. The monoisotopic (exact) mass is 1570 g/mol. The zero-order valence-corrected chi connectivity index (χ0v) is 65.8. The summed E-state index contributed by atoms with van der Waals surface area (Å²) in [6, 6.07) is 34.8.